The molecule has 2 N–H and O–H groups in total. The number of anilines is 1. The zero-order valence-corrected chi connectivity index (χ0v) is 10.4. The first-order chi connectivity index (χ1) is 7.88. The van der Waals surface area contributed by atoms with Crippen molar-refractivity contribution in [2.45, 2.75) is 30.5 Å². The van der Waals surface area contributed by atoms with E-state index in [1.165, 1.54) is 19.3 Å². The summed E-state index contributed by atoms with van der Waals surface area (Å²) in [5.74, 6) is 0.923. The molecule has 16 heavy (non-hydrogen) atoms. The zero-order valence-electron chi connectivity index (χ0n) is 9.57. The fraction of sp³-hybridized carbons (Fsp3) is 0.636. The number of piperidine rings is 1. The summed E-state index contributed by atoms with van der Waals surface area (Å²) in [6.45, 7) is 2.09. The molecule has 1 aliphatic rings. The van der Waals surface area contributed by atoms with Gasteiger partial charge in [-0.2, -0.15) is 0 Å². The van der Waals surface area contributed by atoms with Crippen molar-refractivity contribution in [1.29, 1.82) is 0 Å². The maximum absolute atomic E-state index is 4.39. The summed E-state index contributed by atoms with van der Waals surface area (Å²) in [6.07, 6.45) is 7.69. The summed E-state index contributed by atoms with van der Waals surface area (Å²) in [5, 5.41) is 7.69. The minimum Gasteiger partial charge on any atom is -0.368 e. The van der Waals surface area contributed by atoms with E-state index in [0.717, 1.165) is 24.1 Å². The van der Waals surface area contributed by atoms with Crippen LogP contribution >= 0.6 is 11.8 Å². The van der Waals surface area contributed by atoms with Gasteiger partial charge in [-0.1, -0.05) is 18.2 Å². The van der Waals surface area contributed by atoms with Gasteiger partial charge in [0.2, 0.25) is 0 Å². The molecular weight excluding hydrogens is 220 g/mol. The van der Waals surface area contributed by atoms with Crippen LogP contribution in [0.4, 0.5) is 5.82 Å². The van der Waals surface area contributed by atoms with Gasteiger partial charge >= 0.3 is 0 Å². The van der Waals surface area contributed by atoms with E-state index in [0.29, 0.717) is 6.04 Å². The second-order valence-corrected chi connectivity index (χ2v) is 4.73. The van der Waals surface area contributed by atoms with Crippen molar-refractivity contribution in [2.24, 2.45) is 0 Å². The molecule has 88 valence electrons. The Morgan fingerprint density at radius 3 is 3.25 bits per heavy atom. The molecule has 2 rings (SSSR count). The van der Waals surface area contributed by atoms with Crippen LogP contribution in [-0.2, 0) is 0 Å². The Hall–Kier alpha value is -0.810. The molecule has 1 fully saturated rings. The molecule has 1 aliphatic heterocycles. The van der Waals surface area contributed by atoms with E-state index < -0.39 is 0 Å². The topological polar surface area (TPSA) is 49.8 Å². The van der Waals surface area contributed by atoms with E-state index in [1.807, 2.05) is 12.3 Å². The van der Waals surface area contributed by atoms with E-state index in [4.69, 9.17) is 0 Å². The molecule has 0 saturated carbocycles. The number of nitrogens with one attached hydrogen (secondary N) is 2. The fourth-order valence-corrected chi connectivity index (χ4v) is 2.22. The number of nitrogens with zero attached hydrogens (tertiary/aromatic N) is 2. The molecular formula is C11H18N4S. The van der Waals surface area contributed by atoms with Crippen LogP contribution in [0.3, 0.4) is 0 Å². The van der Waals surface area contributed by atoms with Crippen molar-refractivity contribution in [3.05, 3.63) is 12.3 Å². The third-order valence-corrected chi connectivity index (χ3v) is 3.32. The van der Waals surface area contributed by atoms with Crippen LogP contribution in [0, 0.1) is 0 Å². The van der Waals surface area contributed by atoms with Gasteiger partial charge in [0.05, 0.1) is 0 Å². The van der Waals surface area contributed by atoms with Gasteiger partial charge in [0.15, 0.2) is 5.16 Å². The van der Waals surface area contributed by atoms with Gasteiger partial charge < -0.3 is 10.6 Å². The molecule has 1 atom stereocenters. The summed E-state index contributed by atoms with van der Waals surface area (Å²) in [6, 6.07) is 2.50. The minimum absolute atomic E-state index is 0.585. The van der Waals surface area contributed by atoms with E-state index in [-0.39, 0.29) is 0 Å². The molecule has 1 saturated heterocycles. The van der Waals surface area contributed by atoms with Gasteiger partial charge in [-0.15, -0.1) is 0 Å². The molecule has 0 aliphatic carbocycles. The van der Waals surface area contributed by atoms with Gasteiger partial charge in [0.1, 0.15) is 5.82 Å². The predicted molar refractivity (Wildman–Crippen MR) is 67.9 cm³/mol. The Labute approximate surface area is 101 Å². The number of hydrogen-bond donors (Lipinski definition) is 2. The number of thioether (sulfide) groups is 1. The third-order valence-electron chi connectivity index (χ3n) is 2.76. The van der Waals surface area contributed by atoms with Crippen molar-refractivity contribution < 1.29 is 0 Å². The van der Waals surface area contributed by atoms with Crippen LogP contribution in [0.25, 0.3) is 0 Å². The molecule has 0 spiro atoms. The highest BCUT2D eigenvalue weighted by Crippen LogP contribution is 2.12. The van der Waals surface area contributed by atoms with Crippen LogP contribution in [-0.4, -0.2) is 35.4 Å². The Kier molecular flexibility index (Phi) is 4.42. The maximum atomic E-state index is 4.39. The van der Waals surface area contributed by atoms with Crippen LogP contribution in [0.5, 0.6) is 0 Å². The summed E-state index contributed by atoms with van der Waals surface area (Å²) in [7, 11) is 0. The van der Waals surface area contributed by atoms with Crippen LogP contribution in [0.15, 0.2) is 17.4 Å². The van der Waals surface area contributed by atoms with Gasteiger partial charge in [0.25, 0.3) is 0 Å². The quantitative estimate of drug-likeness (QED) is 0.618. The average molecular weight is 238 g/mol. The third kappa shape index (κ3) is 3.35. The van der Waals surface area contributed by atoms with E-state index >= 15 is 0 Å². The van der Waals surface area contributed by atoms with Gasteiger partial charge in [-0.25, -0.2) is 9.97 Å². The van der Waals surface area contributed by atoms with Crippen molar-refractivity contribution in [3.63, 3.8) is 0 Å². The van der Waals surface area contributed by atoms with Gasteiger partial charge in [-0.05, 0) is 31.7 Å². The van der Waals surface area contributed by atoms with E-state index in [9.17, 15) is 0 Å². The average Bonchev–Trinajstić information content (AvgIpc) is 2.38. The van der Waals surface area contributed by atoms with Crippen LogP contribution < -0.4 is 10.6 Å². The Balaban J connectivity index is 1.83. The Morgan fingerprint density at radius 1 is 1.56 bits per heavy atom. The van der Waals surface area contributed by atoms with Crippen molar-refractivity contribution in [2.75, 3.05) is 24.7 Å². The smallest absolute Gasteiger partial charge is 0.189 e. The Bertz CT molecular complexity index is 326. The van der Waals surface area contributed by atoms with Crippen LogP contribution in [0.1, 0.15) is 19.3 Å². The fourth-order valence-electron chi connectivity index (χ4n) is 1.86. The molecule has 4 nitrogen and oxygen atoms in total. The lowest BCUT2D eigenvalue weighted by molar-refractivity contribution is 0.414. The van der Waals surface area contributed by atoms with E-state index in [1.54, 1.807) is 18.0 Å². The molecule has 2 heterocycles. The summed E-state index contributed by atoms with van der Waals surface area (Å²) in [4.78, 5) is 8.54. The van der Waals surface area contributed by atoms with Crippen molar-refractivity contribution in [1.82, 2.24) is 15.3 Å². The summed E-state index contributed by atoms with van der Waals surface area (Å²) < 4.78 is 0. The lowest BCUT2D eigenvalue weighted by atomic mass is 10.1. The molecule has 1 aromatic rings. The number of rotatable bonds is 4. The second-order valence-electron chi connectivity index (χ2n) is 3.96. The molecule has 0 unspecified atom stereocenters. The first kappa shape index (κ1) is 11.7. The zero-order chi connectivity index (χ0) is 11.2. The lowest BCUT2D eigenvalue weighted by Gasteiger charge is -2.23. The molecule has 5 heteroatoms. The maximum Gasteiger partial charge on any atom is 0.189 e. The van der Waals surface area contributed by atoms with Gasteiger partial charge in [-0.3, -0.25) is 0 Å². The largest absolute Gasteiger partial charge is 0.368 e. The van der Waals surface area contributed by atoms with E-state index in [2.05, 4.69) is 20.6 Å². The molecule has 1 aromatic heterocycles. The summed E-state index contributed by atoms with van der Waals surface area (Å²) in [5.41, 5.74) is 0. The van der Waals surface area contributed by atoms with Crippen LogP contribution in [0.2, 0.25) is 0 Å². The molecule has 0 aromatic carbocycles. The summed E-state index contributed by atoms with van der Waals surface area (Å²) >= 11 is 1.57. The molecule has 0 amide bonds. The Morgan fingerprint density at radius 2 is 2.50 bits per heavy atom. The van der Waals surface area contributed by atoms with Crippen molar-refractivity contribution >= 4 is 17.6 Å². The highest BCUT2D eigenvalue weighted by atomic mass is 32.2. The number of hydrogen-bond acceptors (Lipinski definition) is 5. The molecule has 0 radical (unpaired) electrons. The molecule has 0 bridgehead atoms. The first-order valence-corrected chi connectivity index (χ1v) is 6.95. The first-order valence-electron chi connectivity index (χ1n) is 5.73. The lowest BCUT2D eigenvalue weighted by Crippen LogP contribution is -2.39. The van der Waals surface area contributed by atoms with Gasteiger partial charge in [0, 0.05) is 18.8 Å². The standard InChI is InChI=1S/C11H18N4S/c1-16-11-13-7-5-10(15-11)14-8-9-4-2-3-6-12-9/h5,7,9,12H,2-4,6,8H2,1H3,(H,13,14,15)/t9-/m0/s1. The highest BCUT2D eigenvalue weighted by Gasteiger charge is 2.11. The normalized spacial score (nSPS) is 20.7. The predicted octanol–water partition coefficient (Wildman–Crippen LogP) is 1.75. The highest BCUT2D eigenvalue weighted by molar-refractivity contribution is 7.98. The monoisotopic (exact) mass is 238 g/mol. The minimum atomic E-state index is 0.585. The second kappa shape index (κ2) is 6.06. The number of aromatic nitrogens is 2. The SMILES string of the molecule is CSc1nccc(NC[C@@H]2CCCCN2)n1. The van der Waals surface area contributed by atoms with Crippen molar-refractivity contribution in [3.8, 4) is 0 Å².